The van der Waals surface area contributed by atoms with Gasteiger partial charge in [0.1, 0.15) is 18.2 Å². The van der Waals surface area contributed by atoms with Crippen molar-refractivity contribution in [3.63, 3.8) is 0 Å². The van der Waals surface area contributed by atoms with Crippen LogP contribution in [0.5, 0.6) is 5.75 Å². The molecule has 4 heteroatoms. The van der Waals surface area contributed by atoms with E-state index in [2.05, 4.69) is 11.8 Å². The molecule has 21 heavy (non-hydrogen) atoms. The van der Waals surface area contributed by atoms with E-state index in [-0.39, 0.29) is 19.0 Å². The van der Waals surface area contributed by atoms with E-state index >= 15 is 0 Å². The number of ether oxygens (including phenoxy) is 1. The smallest absolute Gasteiger partial charge is 0.138 e. The maximum absolute atomic E-state index is 13.9. The Kier molecular flexibility index (Phi) is 5.62. The normalized spacial score (nSPS) is 9.86. The fourth-order valence-corrected chi connectivity index (χ4v) is 1.87. The maximum atomic E-state index is 13.9. The average molecular weight is 305 g/mol. The number of rotatable bonds is 4. The van der Waals surface area contributed by atoms with E-state index in [0.29, 0.717) is 28.3 Å². The Balaban J connectivity index is 2.05. The summed E-state index contributed by atoms with van der Waals surface area (Å²) in [5, 5.41) is 9.13. The fraction of sp³-hybridized carbons (Fsp3) is 0.176. The van der Waals surface area contributed by atoms with Crippen LogP contribution in [-0.2, 0) is 6.61 Å². The van der Waals surface area contributed by atoms with Gasteiger partial charge in [-0.05, 0) is 24.3 Å². The second-order valence-electron chi connectivity index (χ2n) is 4.30. The summed E-state index contributed by atoms with van der Waals surface area (Å²) in [4.78, 5) is 0. The van der Waals surface area contributed by atoms with E-state index in [1.54, 1.807) is 36.4 Å². The molecule has 0 aliphatic carbocycles. The van der Waals surface area contributed by atoms with Crippen LogP contribution in [-0.4, -0.2) is 11.7 Å². The largest absolute Gasteiger partial charge is 0.487 e. The monoisotopic (exact) mass is 304 g/mol. The number of aliphatic hydroxyl groups is 1. The highest BCUT2D eigenvalue weighted by atomic mass is 35.5. The summed E-state index contributed by atoms with van der Waals surface area (Å²) in [5.41, 5.74) is 1.00. The van der Waals surface area contributed by atoms with Gasteiger partial charge in [0.15, 0.2) is 0 Å². The van der Waals surface area contributed by atoms with Crippen LogP contribution < -0.4 is 4.74 Å². The molecule has 1 N–H and O–H groups in total. The molecule has 0 fully saturated rings. The Hall–Kier alpha value is -2.02. The van der Waals surface area contributed by atoms with Gasteiger partial charge >= 0.3 is 0 Å². The SMILES string of the molecule is OCCC#Cc1ccc(COc2ccccc2Cl)c(F)c1. The Bertz CT molecular complexity index is 674. The van der Waals surface area contributed by atoms with Crippen LogP contribution in [0.3, 0.4) is 0 Å². The second-order valence-corrected chi connectivity index (χ2v) is 4.71. The van der Waals surface area contributed by atoms with Crippen LogP contribution in [0.15, 0.2) is 42.5 Å². The van der Waals surface area contributed by atoms with Gasteiger partial charge in [0.05, 0.1) is 11.6 Å². The Labute approximate surface area is 128 Å². The average Bonchev–Trinajstić information content (AvgIpc) is 2.48. The number of benzene rings is 2. The summed E-state index contributed by atoms with van der Waals surface area (Å²) < 4.78 is 19.4. The molecule has 0 amide bonds. The molecule has 0 bridgehead atoms. The molecule has 2 aromatic carbocycles. The highest BCUT2D eigenvalue weighted by Gasteiger charge is 2.05. The van der Waals surface area contributed by atoms with Crippen molar-refractivity contribution in [3.05, 3.63) is 64.4 Å². The zero-order valence-electron chi connectivity index (χ0n) is 11.3. The molecule has 0 aromatic heterocycles. The number of para-hydroxylation sites is 1. The quantitative estimate of drug-likeness (QED) is 0.871. The van der Waals surface area contributed by atoms with Crippen LogP contribution in [0, 0.1) is 17.7 Å². The standard InChI is InChI=1S/C17H14ClFO2/c18-15-6-1-2-7-17(15)21-12-14-9-8-13(11-16(14)19)5-3-4-10-20/h1-2,6-9,11,20H,4,10,12H2. The lowest BCUT2D eigenvalue weighted by Gasteiger charge is -2.08. The van der Waals surface area contributed by atoms with Gasteiger partial charge in [-0.1, -0.05) is 41.6 Å². The summed E-state index contributed by atoms with van der Waals surface area (Å²) in [6.07, 6.45) is 0.374. The van der Waals surface area contributed by atoms with Gasteiger partial charge in [0.25, 0.3) is 0 Å². The number of hydrogen-bond donors (Lipinski definition) is 1. The molecular weight excluding hydrogens is 291 g/mol. The number of hydrogen-bond acceptors (Lipinski definition) is 2. The molecule has 0 heterocycles. The van der Waals surface area contributed by atoms with E-state index in [9.17, 15) is 4.39 Å². The van der Waals surface area contributed by atoms with Crippen molar-refractivity contribution < 1.29 is 14.2 Å². The lowest BCUT2D eigenvalue weighted by Crippen LogP contribution is -1.99. The summed E-state index contributed by atoms with van der Waals surface area (Å²) >= 11 is 5.97. The molecule has 108 valence electrons. The molecule has 0 aliphatic heterocycles. The Morgan fingerprint density at radius 3 is 2.71 bits per heavy atom. The van der Waals surface area contributed by atoms with Crippen molar-refractivity contribution in [2.45, 2.75) is 13.0 Å². The van der Waals surface area contributed by atoms with Gasteiger partial charge in [0, 0.05) is 17.5 Å². The predicted molar refractivity (Wildman–Crippen MR) is 80.8 cm³/mol. The van der Waals surface area contributed by atoms with Gasteiger partial charge < -0.3 is 9.84 Å². The van der Waals surface area contributed by atoms with E-state index in [1.165, 1.54) is 6.07 Å². The molecule has 0 saturated heterocycles. The minimum absolute atomic E-state index is 0.000753. The maximum Gasteiger partial charge on any atom is 0.138 e. The first-order valence-electron chi connectivity index (χ1n) is 6.46. The molecule has 2 rings (SSSR count). The highest BCUT2D eigenvalue weighted by molar-refractivity contribution is 6.32. The zero-order valence-corrected chi connectivity index (χ0v) is 12.0. The van der Waals surface area contributed by atoms with Crippen molar-refractivity contribution >= 4 is 11.6 Å². The van der Waals surface area contributed by atoms with Gasteiger partial charge in [-0.3, -0.25) is 0 Å². The van der Waals surface area contributed by atoms with Crippen LogP contribution >= 0.6 is 11.6 Å². The van der Waals surface area contributed by atoms with Crippen LogP contribution in [0.4, 0.5) is 4.39 Å². The molecule has 2 nitrogen and oxygen atoms in total. The Morgan fingerprint density at radius 1 is 1.19 bits per heavy atom. The molecule has 0 radical (unpaired) electrons. The summed E-state index contributed by atoms with van der Waals surface area (Å²) in [5.74, 6) is 5.67. The van der Waals surface area contributed by atoms with Gasteiger partial charge in [-0.25, -0.2) is 4.39 Å². The van der Waals surface area contributed by atoms with Crippen molar-refractivity contribution in [2.24, 2.45) is 0 Å². The number of halogens is 2. The first-order valence-corrected chi connectivity index (χ1v) is 6.84. The van der Waals surface area contributed by atoms with Crippen LogP contribution in [0.25, 0.3) is 0 Å². The third-order valence-corrected chi connectivity index (χ3v) is 3.05. The fourth-order valence-electron chi connectivity index (χ4n) is 1.68. The van der Waals surface area contributed by atoms with Crippen molar-refractivity contribution in [1.29, 1.82) is 0 Å². The molecule has 0 spiro atoms. The molecule has 2 aromatic rings. The van der Waals surface area contributed by atoms with Gasteiger partial charge in [0.2, 0.25) is 0 Å². The van der Waals surface area contributed by atoms with Crippen LogP contribution in [0.1, 0.15) is 17.5 Å². The Morgan fingerprint density at radius 2 is 2.00 bits per heavy atom. The first kappa shape index (κ1) is 15.4. The van der Waals surface area contributed by atoms with Crippen molar-refractivity contribution in [1.82, 2.24) is 0 Å². The van der Waals surface area contributed by atoms with E-state index < -0.39 is 0 Å². The molecule has 0 atom stereocenters. The topological polar surface area (TPSA) is 29.5 Å². The van der Waals surface area contributed by atoms with E-state index in [0.717, 1.165) is 0 Å². The first-order chi connectivity index (χ1) is 10.2. The minimum Gasteiger partial charge on any atom is -0.487 e. The van der Waals surface area contributed by atoms with Crippen LogP contribution in [0.2, 0.25) is 5.02 Å². The minimum atomic E-state index is -0.377. The van der Waals surface area contributed by atoms with Crippen molar-refractivity contribution in [2.75, 3.05) is 6.61 Å². The van der Waals surface area contributed by atoms with Gasteiger partial charge in [-0.15, -0.1) is 0 Å². The van der Waals surface area contributed by atoms with E-state index in [4.69, 9.17) is 21.4 Å². The van der Waals surface area contributed by atoms with Crippen molar-refractivity contribution in [3.8, 4) is 17.6 Å². The summed E-state index contributed by atoms with van der Waals surface area (Å²) in [7, 11) is 0. The molecule has 0 aliphatic rings. The predicted octanol–water partition coefficient (Wildman–Crippen LogP) is 3.79. The zero-order chi connectivity index (χ0) is 15.1. The number of aliphatic hydroxyl groups excluding tert-OH is 1. The third-order valence-electron chi connectivity index (χ3n) is 2.74. The lowest BCUT2D eigenvalue weighted by molar-refractivity contribution is 0.300. The second kappa shape index (κ2) is 7.68. The highest BCUT2D eigenvalue weighted by Crippen LogP contribution is 2.24. The summed E-state index contributed by atoms with van der Waals surface area (Å²) in [6, 6.07) is 11.8. The van der Waals surface area contributed by atoms with E-state index in [1.807, 2.05) is 0 Å². The molecule has 0 unspecified atom stereocenters. The molecular formula is C17H14ClFO2. The third kappa shape index (κ3) is 4.49. The van der Waals surface area contributed by atoms with Gasteiger partial charge in [-0.2, -0.15) is 0 Å². The molecule has 0 saturated carbocycles. The summed E-state index contributed by atoms with van der Waals surface area (Å²) in [6.45, 7) is 0.0964. The lowest BCUT2D eigenvalue weighted by atomic mass is 10.1.